The van der Waals surface area contributed by atoms with E-state index in [-0.39, 0.29) is 5.91 Å². The average molecular weight is 239 g/mol. The van der Waals surface area contributed by atoms with Crippen molar-refractivity contribution < 1.29 is 9.53 Å². The molecule has 17 heavy (non-hydrogen) atoms. The molecule has 1 saturated heterocycles. The van der Waals surface area contributed by atoms with Crippen molar-refractivity contribution >= 4 is 5.91 Å². The zero-order valence-electron chi connectivity index (χ0n) is 10.7. The van der Waals surface area contributed by atoms with Gasteiger partial charge in [-0.25, -0.2) is 0 Å². The average Bonchev–Trinajstić information content (AvgIpc) is 2.36. The highest BCUT2D eigenvalue weighted by molar-refractivity contribution is 5.78. The van der Waals surface area contributed by atoms with Gasteiger partial charge in [0.15, 0.2) is 0 Å². The first-order chi connectivity index (χ1) is 8.19. The summed E-state index contributed by atoms with van der Waals surface area (Å²) in [5.41, 5.74) is 0. The molecular weight excluding hydrogens is 218 g/mol. The summed E-state index contributed by atoms with van der Waals surface area (Å²) in [7, 11) is 1.75. The van der Waals surface area contributed by atoms with Crippen molar-refractivity contribution in [2.24, 2.45) is 0 Å². The number of ether oxygens (including phenoxy) is 1. The van der Waals surface area contributed by atoms with Crippen LogP contribution in [0, 0.1) is 11.3 Å². The van der Waals surface area contributed by atoms with Gasteiger partial charge < -0.3 is 9.64 Å². The maximum atomic E-state index is 11.9. The van der Waals surface area contributed by atoms with E-state index in [1.165, 1.54) is 0 Å². The van der Waals surface area contributed by atoms with E-state index in [1.54, 1.807) is 11.9 Å². The van der Waals surface area contributed by atoms with E-state index in [9.17, 15) is 4.79 Å². The lowest BCUT2D eigenvalue weighted by Gasteiger charge is -2.35. The van der Waals surface area contributed by atoms with E-state index in [1.807, 2.05) is 6.07 Å². The van der Waals surface area contributed by atoms with Crippen LogP contribution in [0.3, 0.4) is 0 Å². The monoisotopic (exact) mass is 239 g/mol. The van der Waals surface area contributed by atoms with Crippen molar-refractivity contribution in [3.8, 4) is 6.07 Å². The molecule has 0 aromatic rings. The van der Waals surface area contributed by atoms with Crippen LogP contribution in [0.25, 0.3) is 0 Å². The molecule has 0 N–H and O–H groups in total. The van der Waals surface area contributed by atoms with Crippen LogP contribution >= 0.6 is 0 Å². The van der Waals surface area contributed by atoms with Crippen molar-refractivity contribution in [3.05, 3.63) is 0 Å². The lowest BCUT2D eigenvalue weighted by Crippen LogP contribution is -2.49. The summed E-state index contributed by atoms with van der Waals surface area (Å²) < 4.78 is 5.40. The highest BCUT2D eigenvalue weighted by Gasteiger charge is 2.24. The van der Waals surface area contributed by atoms with Gasteiger partial charge in [-0.05, 0) is 6.42 Å². The van der Waals surface area contributed by atoms with Crippen molar-refractivity contribution in [2.45, 2.75) is 25.8 Å². The zero-order valence-corrected chi connectivity index (χ0v) is 10.7. The summed E-state index contributed by atoms with van der Waals surface area (Å²) in [5, 5.41) is 8.48. The molecule has 1 amide bonds. The third-order valence-electron chi connectivity index (χ3n) is 3.14. The molecule has 0 bridgehead atoms. The minimum Gasteiger partial charge on any atom is -0.378 e. The van der Waals surface area contributed by atoms with Crippen LogP contribution in [0.4, 0.5) is 0 Å². The Labute approximate surface area is 103 Å². The molecule has 1 aliphatic heterocycles. The number of morpholine rings is 1. The molecule has 0 aromatic carbocycles. The van der Waals surface area contributed by atoms with Crippen molar-refractivity contribution in [3.63, 3.8) is 0 Å². The first-order valence-corrected chi connectivity index (χ1v) is 6.11. The molecule has 0 radical (unpaired) electrons. The molecule has 0 aliphatic carbocycles. The molecule has 0 spiro atoms. The number of carbonyl (C=O) groups is 1. The van der Waals surface area contributed by atoms with Gasteiger partial charge in [0.05, 0.1) is 32.2 Å². The molecule has 96 valence electrons. The molecule has 1 rings (SSSR count). The second-order valence-electron chi connectivity index (χ2n) is 4.33. The Kier molecular flexibility index (Phi) is 5.95. The molecule has 1 aliphatic rings. The number of rotatable bonds is 5. The van der Waals surface area contributed by atoms with Crippen molar-refractivity contribution in [2.75, 3.05) is 39.9 Å². The highest BCUT2D eigenvalue weighted by Crippen LogP contribution is 2.10. The topological polar surface area (TPSA) is 56.6 Å². The van der Waals surface area contributed by atoms with E-state index in [4.69, 9.17) is 10.00 Å². The van der Waals surface area contributed by atoms with E-state index >= 15 is 0 Å². The quantitative estimate of drug-likeness (QED) is 0.700. The smallest absolute Gasteiger partial charge is 0.236 e. The predicted molar refractivity (Wildman–Crippen MR) is 64.3 cm³/mol. The standard InChI is InChI=1S/C12H21N3O2/c1-3-11-10-17-8-7-15(11)9-12(16)14(2)6-4-5-13/h11H,3-4,6-10H2,1-2H3. The fourth-order valence-electron chi connectivity index (χ4n) is 1.91. The normalized spacial score (nSPS) is 20.9. The molecule has 1 atom stereocenters. The number of hydrogen-bond donors (Lipinski definition) is 0. The zero-order chi connectivity index (χ0) is 12.7. The van der Waals surface area contributed by atoms with E-state index in [2.05, 4.69) is 11.8 Å². The third-order valence-corrected chi connectivity index (χ3v) is 3.14. The molecule has 1 unspecified atom stereocenters. The lowest BCUT2D eigenvalue weighted by atomic mass is 10.2. The van der Waals surface area contributed by atoms with Crippen LogP contribution in [0.1, 0.15) is 19.8 Å². The van der Waals surface area contributed by atoms with Crippen LogP contribution in [-0.2, 0) is 9.53 Å². The Balaban J connectivity index is 2.40. The van der Waals surface area contributed by atoms with Gasteiger partial charge in [-0.2, -0.15) is 5.26 Å². The van der Waals surface area contributed by atoms with Gasteiger partial charge in [0, 0.05) is 26.2 Å². The van der Waals surface area contributed by atoms with Gasteiger partial charge in [0.1, 0.15) is 0 Å². The molecule has 5 nitrogen and oxygen atoms in total. The maximum Gasteiger partial charge on any atom is 0.236 e. The molecule has 0 aromatic heterocycles. The second-order valence-corrected chi connectivity index (χ2v) is 4.33. The van der Waals surface area contributed by atoms with Crippen molar-refractivity contribution in [1.82, 2.24) is 9.80 Å². The lowest BCUT2D eigenvalue weighted by molar-refractivity contribution is -0.133. The maximum absolute atomic E-state index is 11.9. The molecule has 1 fully saturated rings. The molecular formula is C12H21N3O2. The number of hydrogen-bond acceptors (Lipinski definition) is 4. The number of likely N-dealkylation sites (N-methyl/N-ethyl adjacent to an activating group) is 1. The minimum atomic E-state index is 0.0839. The van der Waals surface area contributed by atoms with E-state index < -0.39 is 0 Å². The van der Waals surface area contributed by atoms with Gasteiger partial charge >= 0.3 is 0 Å². The van der Waals surface area contributed by atoms with Gasteiger partial charge in [0.25, 0.3) is 0 Å². The molecule has 5 heteroatoms. The van der Waals surface area contributed by atoms with Gasteiger partial charge in [-0.15, -0.1) is 0 Å². The largest absolute Gasteiger partial charge is 0.378 e. The second kappa shape index (κ2) is 7.25. The Morgan fingerprint density at radius 2 is 2.41 bits per heavy atom. The number of amides is 1. The molecule has 0 saturated carbocycles. The van der Waals surface area contributed by atoms with Crippen molar-refractivity contribution in [1.29, 1.82) is 5.26 Å². The summed E-state index contributed by atoms with van der Waals surface area (Å²) in [6, 6.07) is 2.39. The van der Waals surface area contributed by atoms with Gasteiger partial charge in [-0.1, -0.05) is 6.92 Å². The summed E-state index contributed by atoms with van der Waals surface area (Å²) in [6.45, 7) is 5.28. The first kappa shape index (κ1) is 13.9. The highest BCUT2D eigenvalue weighted by atomic mass is 16.5. The summed E-state index contributed by atoms with van der Waals surface area (Å²) in [6.07, 6.45) is 1.39. The van der Waals surface area contributed by atoms with Crippen LogP contribution in [-0.4, -0.2) is 61.6 Å². The first-order valence-electron chi connectivity index (χ1n) is 6.11. The van der Waals surface area contributed by atoms with Gasteiger partial charge in [0.2, 0.25) is 5.91 Å². The summed E-state index contributed by atoms with van der Waals surface area (Å²) in [5.74, 6) is 0.0839. The predicted octanol–water partition coefficient (Wildman–Crippen LogP) is 0.469. The third kappa shape index (κ3) is 4.33. The number of carbonyl (C=O) groups excluding carboxylic acids is 1. The Hall–Kier alpha value is -1.12. The van der Waals surface area contributed by atoms with Crippen LogP contribution < -0.4 is 0 Å². The number of nitrogens with zero attached hydrogens (tertiary/aromatic N) is 3. The minimum absolute atomic E-state index is 0.0839. The number of nitriles is 1. The summed E-state index contributed by atoms with van der Waals surface area (Å²) >= 11 is 0. The SMILES string of the molecule is CCC1COCCN1CC(=O)N(C)CCC#N. The van der Waals surface area contributed by atoms with Crippen LogP contribution in [0.5, 0.6) is 0 Å². The van der Waals surface area contributed by atoms with E-state index in [0.29, 0.717) is 38.8 Å². The van der Waals surface area contributed by atoms with Crippen LogP contribution in [0.2, 0.25) is 0 Å². The Morgan fingerprint density at radius 1 is 1.65 bits per heavy atom. The fraction of sp³-hybridized carbons (Fsp3) is 0.833. The van der Waals surface area contributed by atoms with Gasteiger partial charge in [-0.3, -0.25) is 9.69 Å². The summed E-state index contributed by atoms with van der Waals surface area (Å²) in [4.78, 5) is 15.7. The Morgan fingerprint density at radius 3 is 3.06 bits per heavy atom. The molecule has 1 heterocycles. The Bertz CT molecular complexity index is 288. The van der Waals surface area contributed by atoms with E-state index in [0.717, 1.165) is 13.0 Å². The fourth-order valence-corrected chi connectivity index (χ4v) is 1.91. The van der Waals surface area contributed by atoms with Crippen LogP contribution in [0.15, 0.2) is 0 Å².